The molecule has 0 aromatic carbocycles. The lowest BCUT2D eigenvalue weighted by Crippen LogP contribution is -2.46. The Hall–Kier alpha value is -1.80. The zero-order valence-corrected chi connectivity index (χ0v) is 60.3. The number of quaternary nitrogens is 1. The standard InChI is InChI=1S/C79H151N2O6P/c1-6-8-10-12-14-16-18-20-22-24-26-28-30-32-34-36-38-39-40-41-43-45-47-49-51-53-55-57-59-61-63-65-67-69-71-73-79(83)80-77(76-87-88(84,85)86-75-74-81(3,4)5)78(82)72-70-68-66-64-62-60-58-56-54-52-50-48-46-44-42-37-35-33-31-29-27-25-23-21-19-17-15-13-11-9-7-2/h8,10,14,16,20,22,26,28,32,34,77-78,82H,6-7,9,11-13,15,17-19,21,23-25,27,29-31,33,35-76H2,1-5H3,(H-,80,83,84,85)/b10-8-,16-14-,22-20-,28-26-,34-32-. The van der Waals surface area contributed by atoms with Gasteiger partial charge in [-0.2, -0.15) is 0 Å². The molecular weight excluding hydrogens is 1100 g/mol. The van der Waals surface area contributed by atoms with Crippen LogP contribution in [0.3, 0.4) is 0 Å². The molecule has 3 unspecified atom stereocenters. The van der Waals surface area contributed by atoms with Crippen molar-refractivity contribution in [1.82, 2.24) is 5.32 Å². The van der Waals surface area contributed by atoms with Crippen LogP contribution in [0.4, 0.5) is 0 Å². The second kappa shape index (κ2) is 69.5. The van der Waals surface area contributed by atoms with Gasteiger partial charge in [-0.3, -0.25) is 9.36 Å². The van der Waals surface area contributed by atoms with Crippen LogP contribution in [-0.4, -0.2) is 68.5 Å². The molecule has 0 aromatic heterocycles. The third-order valence-electron chi connectivity index (χ3n) is 17.8. The van der Waals surface area contributed by atoms with E-state index in [0.717, 1.165) is 70.6 Å². The minimum absolute atomic E-state index is 0.0132. The highest BCUT2D eigenvalue weighted by molar-refractivity contribution is 7.45. The maximum Gasteiger partial charge on any atom is 0.268 e. The molecule has 9 heteroatoms. The topological polar surface area (TPSA) is 108 Å². The van der Waals surface area contributed by atoms with Crippen molar-refractivity contribution in [3.8, 4) is 0 Å². The Morgan fingerprint density at radius 3 is 1.01 bits per heavy atom. The van der Waals surface area contributed by atoms with Gasteiger partial charge in [-0.1, -0.05) is 383 Å². The minimum atomic E-state index is -4.58. The second-order valence-corrected chi connectivity index (χ2v) is 29.1. The van der Waals surface area contributed by atoms with Crippen LogP contribution >= 0.6 is 7.82 Å². The first-order valence-electron chi connectivity index (χ1n) is 38.6. The van der Waals surface area contributed by atoms with Crippen LogP contribution in [0.2, 0.25) is 0 Å². The second-order valence-electron chi connectivity index (χ2n) is 27.7. The summed E-state index contributed by atoms with van der Waals surface area (Å²) < 4.78 is 23.6. The monoisotopic (exact) mass is 1260 g/mol. The van der Waals surface area contributed by atoms with E-state index in [0.29, 0.717) is 23.9 Å². The quantitative estimate of drug-likeness (QED) is 0.0272. The Balaban J connectivity index is 3.95. The van der Waals surface area contributed by atoms with Gasteiger partial charge in [-0.25, -0.2) is 0 Å². The average Bonchev–Trinajstić information content (AvgIpc) is 3.64. The number of rotatable bonds is 72. The maximum absolute atomic E-state index is 13.1. The molecule has 0 aliphatic rings. The van der Waals surface area contributed by atoms with Gasteiger partial charge in [-0.15, -0.1) is 0 Å². The summed E-state index contributed by atoms with van der Waals surface area (Å²) in [5.74, 6) is -0.158. The largest absolute Gasteiger partial charge is 0.756 e. The number of nitrogens with one attached hydrogen (secondary N) is 1. The fourth-order valence-electron chi connectivity index (χ4n) is 11.8. The highest BCUT2D eigenvalue weighted by Gasteiger charge is 2.24. The van der Waals surface area contributed by atoms with Crippen LogP contribution in [0.15, 0.2) is 60.8 Å². The summed E-state index contributed by atoms with van der Waals surface area (Å²) in [6.07, 6.45) is 96.1. The molecular formula is C79H151N2O6P. The molecule has 1 amide bonds. The molecule has 0 fully saturated rings. The predicted molar refractivity (Wildman–Crippen MR) is 385 cm³/mol. The first-order valence-corrected chi connectivity index (χ1v) is 40.1. The van der Waals surface area contributed by atoms with E-state index in [4.69, 9.17) is 9.05 Å². The van der Waals surface area contributed by atoms with Gasteiger partial charge in [0.05, 0.1) is 39.9 Å². The molecule has 0 aliphatic heterocycles. The highest BCUT2D eigenvalue weighted by Crippen LogP contribution is 2.38. The van der Waals surface area contributed by atoms with Crippen LogP contribution < -0.4 is 10.2 Å². The smallest absolute Gasteiger partial charge is 0.268 e. The van der Waals surface area contributed by atoms with Gasteiger partial charge in [0.2, 0.25) is 5.91 Å². The van der Waals surface area contributed by atoms with Crippen molar-refractivity contribution < 1.29 is 32.9 Å². The van der Waals surface area contributed by atoms with E-state index < -0.39 is 20.0 Å². The molecule has 0 aliphatic carbocycles. The van der Waals surface area contributed by atoms with Crippen molar-refractivity contribution >= 4 is 13.7 Å². The third kappa shape index (κ3) is 71.6. The Morgan fingerprint density at radius 1 is 0.409 bits per heavy atom. The number of hydrogen-bond donors (Lipinski definition) is 2. The van der Waals surface area contributed by atoms with Crippen molar-refractivity contribution in [3.63, 3.8) is 0 Å². The van der Waals surface area contributed by atoms with Crippen molar-refractivity contribution in [2.24, 2.45) is 0 Å². The number of carbonyl (C=O) groups is 1. The molecule has 0 spiro atoms. The van der Waals surface area contributed by atoms with Crippen molar-refractivity contribution in [2.75, 3.05) is 40.9 Å². The van der Waals surface area contributed by atoms with Gasteiger partial charge in [0.1, 0.15) is 13.2 Å². The predicted octanol–water partition coefficient (Wildman–Crippen LogP) is 24.5. The molecule has 3 atom stereocenters. The average molecular weight is 1260 g/mol. The minimum Gasteiger partial charge on any atom is -0.756 e. The summed E-state index contributed by atoms with van der Waals surface area (Å²) in [6, 6.07) is -0.803. The fraction of sp³-hybridized carbons (Fsp3) is 0.861. The van der Waals surface area contributed by atoms with E-state index in [1.165, 1.54) is 289 Å². The molecule has 0 saturated carbocycles. The normalized spacial score (nSPS) is 13.9. The van der Waals surface area contributed by atoms with E-state index in [2.05, 4.69) is 79.9 Å². The van der Waals surface area contributed by atoms with E-state index in [1.54, 1.807) is 0 Å². The Kier molecular flexibility index (Phi) is 68.1. The lowest BCUT2D eigenvalue weighted by molar-refractivity contribution is -0.870. The van der Waals surface area contributed by atoms with Crippen LogP contribution in [-0.2, 0) is 18.4 Å². The summed E-state index contributed by atoms with van der Waals surface area (Å²) in [6.45, 7) is 4.67. The molecule has 88 heavy (non-hydrogen) atoms. The molecule has 0 heterocycles. The van der Waals surface area contributed by atoms with Gasteiger partial charge in [0, 0.05) is 6.42 Å². The van der Waals surface area contributed by atoms with E-state index in [9.17, 15) is 19.4 Å². The van der Waals surface area contributed by atoms with E-state index in [-0.39, 0.29) is 19.1 Å². The Labute approximate surface area is 549 Å². The maximum atomic E-state index is 13.1. The van der Waals surface area contributed by atoms with Gasteiger partial charge < -0.3 is 28.8 Å². The SMILES string of the molecule is CC/C=C\C/C=C\C/C=C\C/C=C\C/C=C\CCCCCCCCCCCCCCCCCCCCCC(=O)NC(COP(=O)([O-])OCC[N+](C)(C)C)C(O)CCCCCCCCCCCCCCCCCCCCCCCCCCCCCCCCC. The number of phosphoric acid groups is 1. The van der Waals surface area contributed by atoms with Crippen LogP contribution in [0.1, 0.15) is 386 Å². The lowest BCUT2D eigenvalue weighted by atomic mass is 10.0. The number of likely N-dealkylation sites (N-methyl/N-ethyl adjacent to an activating group) is 1. The Bertz CT molecular complexity index is 1620. The van der Waals surface area contributed by atoms with Gasteiger partial charge in [0.15, 0.2) is 0 Å². The summed E-state index contributed by atoms with van der Waals surface area (Å²) in [5, 5.41) is 14.1. The molecule has 0 radical (unpaired) electrons. The molecule has 8 nitrogen and oxygen atoms in total. The molecule has 0 bridgehead atoms. The van der Waals surface area contributed by atoms with Crippen molar-refractivity contribution in [1.29, 1.82) is 0 Å². The third-order valence-corrected chi connectivity index (χ3v) is 18.7. The zero-order chi connectivity index (χ0) is 64.1. The number of unbranched alkanes of at least 4 members (excludes halogenated alkanes) is 49. The van der Waals surface area contributed by atoms with Gasteiger partial charge >= 0.3 is 0 Å². The number of phosphoric ester groups is 1. The number of carbonyl (C=O) groups excluding carboxylic acids is 1. The summed E-state index contributed by atoms with van der Waals surface area (Å²) >= 11 is 0. The number of aliphatic hydroxyl groups is 1. The van der Waals surface area contributed by atoms with E-state index >= 15 is 0 Å². The molecule has 0 aromatic rings. The van der Waals surface area contributed by atoms with Crippen LogP contribution in [0, 0.1) is 0 Å². The first kappa shape index (κ1) is 86.2. The number of allylic oxidation sites excluding steroid dienone is 10. The van der Waals surface area contributed by atoms with Crippen molar-refractivity contribution in [3.05, 3.63) is 60.8 Å². The first-order chi connectivity index (χ1) is 43.0. The van der Waals surface area contributed by atoms with E-state index in [1.807, 2.05) is 21.1 Å². The molecule has 0 rings (SSSR count). The van der Waals surface area contributed by atoms with Crippen LogP contribution in [0.5, 0.6) is 0 Å². The number of nitrogens with zero attached hydrogens (tertiary/aromatic N) is 1. The summed E-state index contributed by atoms with van der Waals surface area (Å²) in [4.78, 5) is 25.7. The zero-order valence-electron chi connectivity index (χ0n) is 59.4. The fourth-order valence-corrected chi connectivity index (χ4v) is 12.6. The van der Waals surface area contributed by atoms with Gasteiger partial charge in [-0.05, 0) is 57.8 Å². The molecule has 518 valence electrons. The number of amides is 1. The summed E-state index contributed by atoms with van der Waals surface area (Å²) in [7, 11) is 1.32. The molecule has 2 N–H and O–H groups in total. The summed E-state index contributed by atoms with van der Waals surface area (Å²) in [5.41, 5.74) is 0. The highest BCUT2D eigenvalue weighted by atomic mass is 31.2. The number of aliphatic hydroxyl groups excluding tert-OH is 1. The Morgan fingerprint density at radius 2 is 0.693 bits per heavy atom. The van der Waals surface area contributed by atoms with Gasteiger partial charge in [0.25, 0.3) is 7.82 Å². The lowest BCUT2D eigenvalue weighted by Gasteiger charge is -2.30. The molecule has 0 saturated heterocycles. The van der Waals surface area contributed by atoms with Crippen LogP contribution in [0.25, 0.3) is 0 Å². The van der Waals surface area contributed by atoms with Crippen molar-refractivity contribution in [2.45, 2.75) is 398 Å². The number of hydrogen-bond acceptors (Lipinski definition) is 6.